The molecule has 5 aromatic heterocycles. The number of benzene rings is 7. The van der Waals surface area contributed by atoms with Crippen LogP contribution in [0.3, 0.4) is 0 Å². The van der Waals surface area contributed by atoms with Crippen molar-refractivity contribution < 1.29 is 0 Å². The Balaban J connectivity index is 0.996. The van der Waals surface area contributed by atoms with Crippen LogP contribution in [-0.4, -0.2) is 23.7 Å². The average molecular weight is 743 g/mol. The van der Waals surface area contributed by atoms with Gasteiger partial charge in [-0.1, -0.05) is 72.8 Å². The Morgan fingerprint density at radius 2 is 0.552 bits per heavy atom. The summed E-state index contributed by atoms with van der Waals surface area (Å²) in [5, 5.41) is 7.18. The van der Waals surface area contributed by atoms with Crippen molar-refractivity contribution in [2.75, 3.05) is 4.90 Å². The van der Waals surface area contributed by atoms with Gasteiger partial charge in [0.2, 0.25) is 0 Å². The van der Waals surface area contributed by atoms with Crippen molar-refractivity contribution in [3.63, 3.8) is 0 Å². The Morgan fingerprint density at radius 1 is 0.276 bits per heavy atom. The zero-order chi connectivity index (χ0) is 38.2. The highest BCUT2D eigenvalue weighted by molar-refractivity contribution is 6.11. The Morgan fingerprint density at radius 3 is 0.879 bits per heavy atom. The Kier molecular flexibility index (Phi) is 7.13. The highest BCUT2D eigenvalue weighted by Gasteiger charge is 2.18. The van der Waals surface area contributed by atoms with Crippen LogP contribution < -0.4 is 4.90 Å². The van der Waals surface area contributed by atoms with Gasteiger partial charge in [0.15, 0.2) is 0 Å². The fraction of sp³-hybridized carbons (Fsp3) is 0. The number of aromatic nitrogens is 5. The number of hydrogen-bond acceptors (Lipinski definition) is 3. The lowest BCUT2D eigenvalue weighted by Gasteiger charge is -2.26. The second-order valence-corrected chi connectivity index (χ2v) is 14.7. The summed E-state index contributed by atoms with van der Waals surface area (Å²) in [5.41, 5.74) is 13.5. The monoisotopic (exact) mass is 742 g/mol. The molecule has 0 aliphatic carbocycles. The molecule has 0 unspecified atom stereocenters. The molecule has 0 aliphatic rings. The van der Waals surface area contributed by atoms with Gasteiger partial charge < -0.3 is 18.6 Å². The molecule has 0 spiro atoms. The lowest BCUT2D eigenvalue weighted by atomic mass is 10.1. The van der Waals surface area contributed by atoms with Gasteiger partial charge in [-0.3, -0.25) is 9.97 Å². The molecule has 5 heterocycles. The van der Waals surface area contributed by atoms with Gasteiger partial charge in [0.25, 0.3) is 0 Å². The van der Waals surface area contributed by atoms with Crippen LogP contribution in [0.1, 0.15) is 0 Å². The van der Waals surface area contributed by atoms with Gasteiger partial charge in [-0.15, -0.1) is 0 Å². The van der Waals surface area contributed by atoms with Crippen molar-refractivity contribution in [2.24, 2.45) is 0 Å². The van der Waals surface area contributed by atoms with Crippen LogP contribution in [0.5, 0.6) is 0 Å². The van der Waals surface area contributed by atoms with Gasteiger partial charge in [-0.2, -0.15) is 0 Å². The van der Waals surface area contributed by atoms with E-state index in [0.717, 1.165) is 67.0 Å². The van der Waals surface area contributed by atoms with Crippen LogP contribution >= 0.6 is 0 Å². The molecule has 0 saturated heterocycles. The van der Waals surface area contributed by atoms with E-state index in [9.17, 15) is 0 Å². The molecule has 0 amide bonds. The number of fused-ring (bicyclic) bond motifs is 9. The first-order valence-corrected chi connectivity index (χ1v) is 19.6. The van der Waals surface area contributed by atoms with Crippen LogP contribution in [-0.2, 0) is 0 Å². The molecule has 0 bridgehead atoms. The fourth-order valence-electron chi connectivity index (χ4n) is 9.09. The third kappa shape index (κ3) is 4.85. The molecular weight excluding hydrogens is 709 g/mol. The third-order valence-electron chi connectivity index (χ3n) is 11.6. The van der Waals surface area contributed by atoms with Crippen molar-refractivity contribution in [3.8, 4) is 17.1 Å². The number of anilines is 3. The van der Waals surface area contributed by atoms with E-state index in [1.165, 1.54) is 32.6 Å². The maximum Gasteiger partial charge on any atom is 0.0571 e. The standard InChI is InChI=1S/C52H34N6/c1-5-13-47-41(9-1)42-10-2-6-14-48(42)56(47)38-23-17-35(18-24-38)55(36-19-25-39(26-20-36)57-49-15-7-3-11-43(49)45-33-53-31-29-51(45)57)37-21-27-40(28-22-37)58-50-16-8-4-12-44(50)46-34-54-32-30-52(46)58/h1-34H. The van der Waals surface area contributed by atoms with Crippen molar-refractivity contribution >= 4 is 82.5 Å². The molecule has 272 valence electrons. The average Bonchev–Trinajstić information content (AvgIpc) is 3.93. The second-order valence-electron chi connectivity index (χ2n) is 14.7. The predicted molar refractivity (Wildman–Crippen MR) is 240 cm³/mol. The van der Waals surface area contributed by atoms with Crippen LogP contribution in [0, 0.1) is 0 Å². The minimum absolute atomic E-state index is 1.06. The Bertz CT molecular complexity index is 2970. The van der Waals surface area contributed by atoms with Crippen LogP contribution in [0.2, 0.25) is 0 Å². The molecule has 0 N–H and O–H groups in total. The molecule has 6 nitrogen and oxygen atoms in total. The second kappa shape index (κ2) is 12.8. The van der Waals surface area contributed by atoms with E-state index in [1.807, 2.05) is 24.8 Å². The smallest absolute Gasteiger partial charge is 0.0571 e. The normalized spacial score (nSPS) is 11.8. The zero-order valence-electron chi connectivity index (χ0n) is 31.3. The molecule has 0 radical (unpaired) electrons. The highest BCUT2D eigenvalue weighted by atomic mass is 15.1. The molecule has 0 saturated carbocycles. The Labute approximate surface area is 333 Å². The summed E-state index contributed by atoms with van der Waals surface area (Å²) in [6.07, 6.45) is 7.67. The number of pyridine rings is 2. The quantitative estimate of drug-likeness (QED) is 0.170. The zero-order valence-corrected chi connectivity index (χ0v) is 31.3. The molecule has 6 heteroatoms. The predicted octanol–water partition coefficient (Wildman–Crippen LogP) is 13.2. The van der Waals surface area contributed by atoms with Crippen molar-refractivity contribution in [1.29, 1.82) is 0 Å². The Hall–Kier alpha value is -7.96. The minimum atomic E-state index is 1.06. The summed E-state index contributed by atoms with van der Waals surface area (Å²) in [4.78, 5) is 11.2. The lowest BCUT2D eigenvalue weighted by molar-refractivity contribution is 1.16. The van der Waals surface area contributed by atoms with E-state index in [1.54, 1.807) is 0 Å². The lowest BCUT2D eigenvalue weighted by Crippen LogP contribution is -2.10. The fourth-order valence-corrected chi connectivity index (χ4v) is 9.09. The first-order chi connectivity index (χ1) is 28.8. The van der Waals surface area contributed by atoms with Crippen LogP contribution in [0.15, 0.2) is 207 Å². The largest absolute Gasteiger partial charge is 0.310 e. The van der Waals surface area contributed by atoms with Gasteiger partial charge >= 0.3 is 0 Å². The van der Waals surface area contributed by atoms with Crippen molar-refractivity contribution in [1.82, 2.24) is 23.7 Å². The molecule has 12 aromatic rings. The third-order valence-corrected chi connectivity index (χ3v) is 11.6. The van der Waals surface area contributed by atoms with Gasteiger partial charge in [-0.05, 0) is 109 Å². The molecule has 7 aromatic carbocycles. The van der Waals surface area contributed by atoms with Crippen molar-refractivity contribution in [2.45, 2.75) is 0 Å². The SMILES string of the molecule is c1ccc2c(c1)c1ccccc1n2-c1ccc(N(c2ccc(-n3c4ccccc4c4cnccc43)cc2)c2ccc(-n3c4ccccc4c4cnccc43)cc2)cc1. The van der Waals surface area contributed by atoms with Crippen LogP contribution in [0.25, 0.3) is 82.5 Å². The maximum absolute atomic E-state index is 4.45. The molecule has 0 aliphatic heterocycles. The molecule has 0 atom stereocenters. The summed E-state index contributed by atoms with van der Waals surface area (Å²) < 4.78 is 7.03. The summed E-state index contributed by atoms with van der Waals surface area (Å²) in [7, 11) is 0. The van der Waals surface area contributed by atoms with E-state index >= 15 is 0 Å². The van der Waals surface area contributed by atoms with Gasteiger partial charge in [0.1, 0.15) is 0 Å². The number of hydrogen-bond donors (Lipinski definition) is 0. The number of para-hydroxylation sites is 4. The summed E-state index contributed by atoms with van der Waals surface area (Å²) in [5.74, 6) is 0. The summed E-state index contributed by atoms with van der Waals surface area (Å²) >= 11 is 0. The van der Waals surface area contributed by atoms with Crippen LogP contribution in [0.4, 0.5) is 17.1 Å². The molecular formula is C52H34N6. The van der Waals surface area contributed by atoms with E-state index < -0.39 is 0 Å². The van der Waals surface area contributed by atoms with E-state index in [4.69, 9.17) is 0 Å². The first kappa shape index (κ1) is 32.3. The summed E-state index contributed by atoms with van der Waals surface area (Å²) in [6.45, 7) is 0. The van der Waals surface area contributed by atoms with Gasteiger partial charge in [-0.25, -0.2) is 0 Å². The molecule has 58 heavy (non-hydrogen) atoms. The van der Waals surface area contributed by atoms with Gasteiger partial charge in [0, 0.05) is 91.2 Å². The summed E-state index contributed by atoms with van der Waals surface area (Å²) in [6, 6.07) is 65.4. The topological polar surface area (TPSA) is 43.8 Å². The first-order valence-electron chi connectivity index (χ1n) is 19.6. The minimum Gasteiger partial charge on any atom is -0.310 e. The van der Waals surface area contributed by atoms with E-state index in [2.05, 4.69) is 211 Å². The highest BCUT2D eigenvalue weighted by Crippen LogP contribution is 2.40. The number of nitrogens with zero attached hydrogens (tertiary/aromatic N) is 6. The maximum atomic E-state index is 4.45. The van der Waals surface area contributed by atoms with E-state index in [-0.39, 0.29) is 0 Å². The van der Waals surface area contributed by atoms with Gasteiger partial charge in [0.05, 0.1) is 33.1 Å². The van der Waals surface area contributed by atoms with Crippen molar-refractivity contribution in [3.05, 3.63) is 207 Å². The van der Waals surface area contributed by atoms with E-state index in [0.29, 0.717) is 0 Å². The molecule has 12 rings (SSSR count). The molecule has 0 fully saturated rings. The number of rotatable bonds is 6.